The van der Waals surface area contributed by atoms with Crippen molar-refractivity contribution in [3.05, 3.63) is 35.4 Å². The molecule has 0 spiro atoms. The fraction of sp³-hybridized carbons (Fsp3) is 0.625. The van der Waals surface area contributed by atoms with Gasteiger partial charge in [0.15, 0.2) is 0 Å². The molecule has 1 rings (SSSR count). The average molecular weight is 285 g/mol. The van der Waals surface area contributed by atoms with Crippen LogP contribution < -0.4 is 5.32 Å². The van der Waals surface area contributed by atoms with Gasteiger partial charge in [0.25, 0.3) is 6.43 Å². The number of rotatable bonds is 10. The summed E-state index contributed by atoms with van der Waals surface area (Å²) in [5.41, 5.74) is 2.53. The number of benzene rings is 1. The molecule has 1 N–H and O–H groups in total. The smallest absolute Gasteiger partial charge is 0.261 e. The monoisotopic (exact) mass is 285 g/mol. The molecule has 2 nitrogen and oxygen atoms in total. The lowest BCUT2D eigenvalue weighted by atomic mass is 10.00. The summed E-state index contributed by atoms with van der Waals surface area (Å²) in [7, 11) is 0. The second-order valence-electron chi connectivity index (χ2n) is 4.86. The Hall–Kier alpha value is -1.00. The van der Waals surface area contributed by atoms with Crippen molar-refractivity contribution < 1.29 is 13.5 Å². The van der Waals surface area contributed by atoms with Gasteiger partial charge in [-0.3, -0.25) is 0 Å². The van der Waals surface area contributed by atoms with Gasteiger partial charge in [0, 0.05) is 12.6 Å². The summed E-state index contributed by atoms with van der Waals surface area (Å²) >= 11 is 0. The van der Waals surface area contributed by atoms with E-state index in [1.807, 2.05) is 6.92 Å². The van der Waals surface area contributed by atoms with Crippen molar-refractivity contribution in [3.63, 3.8) is 0 Å². The van der Waals surface area contributed by atoms with E-state index >= 15 is 0 Å². The zero-order valence-corrected chi connectivity index (χ0v) is 12.4. The first kappa shape index (κ1) is 17.1. The van der Waals surface area contributed by atoms with E-state index in [-0.39, 0.29) is 6.04 Å². The van der Waals surface area contributed by atoms with Gasteiger partial charge in [0.1, 0.15) is 6.61 Å². The van der Waals surface area contributed by atoms with Gasteiger partial charge in [-0.1, -0.05) is 44.5 Å². The maximum Gasteiger partial charge on any atom is 0.261 e. The molecule has 0 fully saturated rings. The largest absolute Gasteiger partial charge is 0.375 e. The summed E-state index contributed by atoms with van der Waals surface area (Å²) in [5.74, 6) is 0. The van der Waals surface area contributed by atoms with Gasteiger partial charge in [-0.2, -0.15) is 0 Å². The van der Waals surface area contributed by atoms with E-state index in [4.69, 9.17) is 4.74 Å². The van der Waals surface area contributed by atoms with Crippen LogP contribution in [0.2, 0.25) is 0 Å². The molecule has 20 heavy (non-hydrogen) atoms. The van der Waals surface area contributed by atoms with Crippen LogP contribution in [0.4, 0.5) is 8.78 Å². The number of ether oxygens (including phenoxy) is 1. The van der Waals surface area contributed by atoms with Crippen LogP contribution in [0.25, 0.3) is 0 Å². The highest BCUT2D eigenvalue weighted by molar-refractivity contribution is 5.26. The van der Waals surface area contributed by atoms with Crippen molar-refractivity contribution in [3.8, 4) is 0 Å². The Kier molecular flexibility index (Phi) is 8.38. The highest BCUT2D eigenvalue weighted by atomic mass is 19.3. The fourth-order valence-corrected chi connectivity index (χ4v) is 2.26. The topological polar surface area (TPSA) is 21.3 Å². The van der Waals surface area contributed by atoms with E-state index in [1.165, 1.54) is 11.1 Å². The lowest BCUT2D eigenvalue weighted by Gasteiger charge is -2.19. The summed E-state index contributed by atoms with van der Waals surface area (Å²) < 4.78 is 29.0. The minimum Gasteiger partial charge on any atom is -0.375 e. The van der Waals surface area contributed by atoms with Gasteiger partial charge in [0.2, 0.25) is 0 Å². The molecule has 0 heterocycles. The lowest BCUT2D eigenvalue weighted by Crippen LogP contribution is -2.23. The summed E-state index contributed by atoms with van der Waals surface area (Å²) in [4.78, 5) is 0. The summed E-state index contributed by atoms with van der Waals surface area (Å²) in [6.45, 7) is 4.92. The molecular formula is C16H25F2NO. The molecule has 0 bridgehead atoms. The van der Waals surface area contributed by atoms with Gasteiger partial charge in [-0.15, -0.1) is 0 Å². The van der Waals surface area contributed by atoms with Gasteiger partial charge in [0.05, 0.1) is 0 Å². The van der Waals surface area contributed by atoms with Crippen LogP contribution in [0.1, 0.15) is 43.9 Å². The number of hydrogen-bond acceptors (Lipinski definition) is 2. The fourth-order valence-electron chi connectivity index (χ4n) is 2.26. The number of nitrogens with one attached hydrogen (secondary N) is 1. The van der Waals surface area contributed by atoms with Crippen LogP contribution in [-0.2, 0) is 11.2 Å². The van der Waals surface area contributed by atoms with Gasteiger partial charge in [-0.25, -0.2) is 8.78 Å². The first-order valence-electron chi connectivity index (χ1n) is 7.35. The number of halogens is 2. The van der Waals surface area contributed by atoms with Crippen molar-refractivity contribution in [2.75, 3.05) is 19.8 Å². The SMILES string of the molecule is CCCc1cccc(C(CCOCC(F)F)NCC)c1. The molecule has 0 aromatic heterocycles. The molecule has 1 unspecified atom stereocenters. The molecular weight excluding hydrogens is 260 g/mol. The molecule has 1 aromatic carbocycles. The molecule has 0 radical (unpaired) electrons. The van der Waals surface area contributed by atoms with Crippen molar-refractivity contribution in [2.45, 2.75) is 45.6 Å². The normalized spacial score (nSPS) is 12.8. The third kappa shape index (κ3) is 6.44. The van der Waals surface area contributed by atoms with Crippen LogP contribution >= 0.6 is 0 Å². The molecule has 1 atom stereocenters. The molecule has 0 aliphatic rings. The van der Waals surface area contributed by atoms with Crippen LogP contribution in [0.15, 0.2) is 24.3 Å². The standard InChI is InChI=1S/C16H25F2NO/c1-3-6-13-7-5-8-14(11-13)15(19-4-2)9-10-20-12-16(17)18/h5,7-8,11,15-16,19H,3-4,6,9-10,12H2,1-2H3. The first-order chi connectivity index (χ1) is 9.67. The van der Waals surface area contributed by atoms with E-state index < -0.39 is 13.0 Å². The Morgan fingerprint density at radius 3 is 2.70 bits per heavy atom. The summed E-state index contributed by atoms with van der Waals surface area (Å²) in [6, 6.07) is 8.63. The van der Waals surface area contributed by atoms with Gasteiger partial charge < -0.3 is 10.1 Å². The van der Waals surface area contributed by atoms with Gasteiger partial charge in [-0.05, 0) is 30.5 Å². The van der Waals surface area contributed by atoms with E-state index in [0.29, 0.717) is 13.0 Å². The second-order valence-corrected chi connectivity index (χ2v) is 4.86. The zero-order chi connectivity index (χ0) is 14.8. The molecule has 114 valence electrons. The highest BCUT2D eigenvalue weighted by Gasteiger charge is 2.11. The lowest BCUT2D eigenvalue weighted by molar-refractivity contribution is 0.0144. The minimum atomic E-state index is -2.39. The summed E-state index contributed by atoms with van der Waals surface area (Å²) in [6.07, 6.45) is 0.498. The Bertz CT molecular complexity index is 371. The third-order valence-electron chi connectivity index (χ3n) is 3.14. The maximum absolute atomic E-state index is 12.0. The Morgan fingerprint density at radius 1 is 1.25 bits per heavy atom. The highest BCUT2D eigenvalue weighted by Crippen LogP contribution is 2.19. The number of alkyl halides is 2. The number of aryl methyl sites for hydroxylation is 1. The predicted octanol–water partition coefficient (Wildman–Crippen LogP) is 3.96. The van der Waals surface area contributed by atoms with Crippen LogP contribution in [-0.4, -0.2) is 26.2 Å². The Balaban J connectivity index is 2.57. The van der Waals surface area contributed by atoms with Crippen molar-refractivity contribution in [2.24, 2.45) is 0 Å². The molecule has 4 heteroatoms. The van der Waals surface area contributed by atoms with Crippen LogP contribution in [0, 0.1) is 0 Å². The van der Waals surface area contributed by atoms with E-state index in [0.717, 1.165) is 19.4 Å². The maximum atomic E-state index is 12.0. The second kappa shape index (κ2) is 9.83. The van der Waals surface area contributed by atoms with Crippen LogP contribution in [0.3, 0.4) is 0 Å². The predicted molar refractivity (Wildman–Crippen MR) is 78.3 cm³/mol. The average Bonchev–Trinajstić information content (AvgIpc) is 2.43. The van der Waals surface area contributed by atoms with E-state index in [1.54, 1.807) is 0 Å². The molecule has 1 aromatic rings. The number of hydrogen-bond donors (Lipinski definition) is 1. The third-order valence-corrected chi connectivity index (χ3v) is 3.14. The van der Waals surface area contributed by atoms with Crippen molar-refractivity contribution >= 4 is 0 Å². The Morgan fingerprint density at radius 2 is 2.05 bits per heavy atom. The van der Waals surface area contributed by atoms with Crippen molar-refractivity contribution in [1.29, 1.82) is 0 Å². The first-order valence-corrected chi connectivity index (χ1v) is 7.35. The molecule has 0 aliphatic carbocycles. The zero-order valence-electron chi connectivity index (χ0n) is 12.4. The molecule has 0 amide bonds. The van der Waals surface area contributed by atoms with E-state index in [2.05, 4.69) is 36.5 Å². The Labute approximate surface area is 120 Å². The summed E-state index contributed by atoms with van der Waals surface area (Å²) in [5, 5.41) is 3.39. The minimum absolute atomic E-state index is 0.162. The van der Waals surface area contributed by atoms with Gasteiger partial charge >= 0.3 is 0 Å². The van der Waals surface area contributed by atoms with E-state index in [9.17, 15) is 8.78 Å². The van der Waals surface area contributed by atoms with Crippen molar-refractivity contribution in [1.82, 2.24) is 5.32 Å². The molecule has 0 saturated carbocycles. The quantitative estimate of drug-likeness (QED) is 0.657. The molecule has 0 saturated heterocycles. The van der Waals surface area contributed by atoms with Crippen LogP contribution in [0.5, 0.6) is 0 Å². The molecule has 0 aliphatic heterocycles.